The lowest BCUT2D eigenvalue weighted by molar-refractivity contribution is -0.117. The van der Waals surface area contributed by atoms with E-state index in [0.717, 1.165) is 37.2 Å². The Morgan fingerprint density at radius 1 is 0.962 bits per heavy atom. The number of nitrogens with zero attached hydrogens (tertiary/aromatic N) is 2. The SMILES string of the molecule is O=C(NCc1ccc(N2CCCC2=O)cc1)N1CCc2ccccc2C1. The summed E-state index contributed by atoms with van der Waals surface area (Å²) in [5.74, 6) is 0.191. The Bertz CT molecular complexity index is 816. The summed E-state index contributed by atoms with van der Waals surface area (Å²) >= 11 is 0. The van der Waals surface area contributed by atoms with Crippen molar-refractivity contribution in [1.29, 1.82) is 0 Å². The largest absolute Gasteiger partial charge is 0.334 e. The Labute approximate surface area is 153 Å². The molecule has 1 N–H and O–H groups in total. The molecule has 1 saturated heterocycles. The number of hydrogen-bond donors (Lipinski definition) is 1. The lowest BCUT2D eigenvalue weighted by Crippen LogP contribution is -2.42. The first-order valence-corrected chi connectivity index (χ1v) is 9.19. The van der Waals surface area contributed by atoms with Crippen molar-refractivity contribution >= 4 is 17.6 Å². The number of rotatable bonds is 3. The number of amides is 3. The Morgan fingerprint density at radius 2 is 1.73 bits per heavy atom. The monoisotopic (exact) mass is 349 g/mol. The highest BCUT2D eigenvalue weighted by Crippen LogP contribution is 2.22. The molecule has 0 unspecified atom stereocenters. The van der Waals surface area contributed by atoms with Crippen LogP contribution in [0.4, 0.5) is 10.5 Å². The molecule has 0 radical (unpaired) electrons. The number of benzene rings is 2. The van der Waals surface area contributed by atoms with Crippen molar-refractivity contribution in [2.75, 3.05) is 18.0 Å². The molecule has 2 aliphatic heterocycles. The van der Waals surface area contributed by atoms with Crippen LogP contribution in [0.15, 0.2) is 48.5 Å². The van der Waals surface area contributed by atoms with Crippen molar-refractivity contribution in [3.05, 3.63) is 65.2 Å². The maximum atomic E-state index is 12.5. The highest BCUT2D eigenvalue weighted by Gasteiger charge is 2.22. The first kappa shape index (κ1) is 16.6. The zero-order valence-corrected chi connectivity index (χ0v) is 14.8. The second kappa shape index (κ2) is 7.20. The minimum atomic E-state index is -0.0294. The summed E-state index contributed by atoms with van der Waals surface area (Å²) in [6, 6.07) is 16.1. The predicted molar refractivity (Wildman–Crippen MR) is 101 cm³/mol. The van der Waals surface area contributed by atoms with Gasteiger partial charge in [0.1, 0.15) is 0 Å². The summed E-state index contributed by atoms with van der Waals surface area (Å²) in [5.41, 5.74) is 4.54. The smallest absolute Gasteiger partial charge is 0.317 e. The van der Waals surface area contributed by atoms with Crippen LogP contribution in [0.2, 0.25) is 0 Å². The van der Waals surface area contributed by atoms with Crippen molar-refractivity contribution in [1.82, 2.24) is 10.2 Å². The molecule has 26 heavy (non-hydrogen) atoms. The number of carbonyl (C=O) groups is 2. The van der Waals surface area contributed by atoms with Gasteiger partial charge in [0, 0.05) is 38.3 Å². The lowest BCUT2D eigenvalue weighted by atomic mass is 10.0. The van der Waals surface area contributed by atoms with Crippen LogP contribution in [0, 0.1) is 0 Å². The van der Waals surface area contributed by atoms with E-state index in [9.17, 15) is 9.59 Å². The third kappa shape index (κ3) is 3.43. The molecular formula is C21H23N3O2. The summed E-state index contributed by atoms with van der Waals surface area (Å²) in [6.07, 6.45) is 2.47. The molecule has 5 nitrogen and oxygen atoms in total. The van der Waals surface area contributed by atoms with Gasteiger partial charge in [-0.2, -0.15) is 0 Å². The van der Waals surface area contributed by atoms with Gasteiger partial charge in [-0.05, 0) is 41.7 Å². The van der Waals surface area contributed by atoms with Gasteiger partial charge < -0.3 is 15.1 Å². The second-order valence-electron chi connectivity index (χ2n) is 6.91. The van der Waals surface area contributed by atoms with Crippen LogP contribution in [-0.4, -0.2) is 29.9 Å². The van der Waals surface area contributed by atoms with Crippen LogP contribution in [0.5, 0.6) is 0 Å². The molecule has 134 valence electrons. The van der Waals surface area contributed by atoms with Crippen molar-refractivity contribution < 1.29 is 9.59 Å². The first-order valence-electron chi connectivity index (χ1n) is 9.19. The summed E-state index contributed by atoms with van der Waals surface area (Å²) in [4.78, 5) is 28.0. The number of hydrogen-bond acceptors (Lipinski definition) is 2. The van der Waals surface area contributed by atoms with Crippen LogP contribution in [0.1, 0.15) is 29.5 Å². The molecule has 2 heterocycles. The topological polar surface area (TPSA) is 52.7 Å². The van der Waals surface area contributed by atoms with Crippen molar-refractivity contribution in [2.24, 2.45) is 0 Å². The van der Waals surface area contributed by atoms with Crippen LogP contribution >= 0.6 is 0 Å². The van der Waals surface area contributed by atoms with Gasteiger partial charge in [0.25, 0.3) is 0 Å². The Morgan fingerprint density at radius 3 is 2.46 bits per heavy atom. The molecule has 5 heteroatoms. The zero-order valence-electron chi connectivity index (χ0n) is 14.8. The molecule has 0 spiro atoms. The van der Waals surface area contributed by atoms with E-state index in [1.165, 1.54) is 11.1 Å². The van der Waals surface area contributed by atoms with Crippen LogP contribution in [-0.2, 0) is 24.3 Å². The molecule has 0 aliphatic carbocycles. The maximum Gasteiger partial charge on any atom is 0.317 e. The van der Waals surface area contributed by atoms with Gasteiger partial charge in [-0.15, -0.1) is 0 Å². The molecule has 1 fully saturated rings. The number of urea groups is 1. The fourth-order valence-corrected chi connectivity index (χ4v) is 3.67. The van der Waals surface area contributed by atoms with E-state index >= 15 is 0 Å². The van der Waals surface area contributed by atoms with E-state index in [2.05, 4.69) is 17.4 Å². The van der Waals surface area contributed by atoms with Crippen LogP contribution in [0.3, 0.4) is 0 Å². The zero-order chi connectivity index (χ0) is 17.9. The van der Waals surface area contributed by atoms with E-state index in [4.69, 9.17) is 0 Å². The molecule has 0 atom stereocenters. The second-order valence-corrected chi connectivity index (χ2v) is 6.91. The summed E-state index contributed by atoms with van der Waals surface area (Å²) < 4.78 is 0. The van der Waals surface area contributed by atoms with Gasteiger partial charge in [0.05, 0.1) is 0 Å². The molecule has 4 rings (SSSR count). The minimum absolute atomic E-state index is 0.0294. The van der Waals surface area contributed by atoms with Gasteiger partial charge in [-0.25, -0.2) is 4.79 Å². The molecule has 0 aromatic heterocycles. The highest BCUT2D eigenvalue weighted by molar-refractivity contribution is 5.95. The van der Waals surface area contributed by atoms with Gasteiger partial charge >= 0.3 is 6.03 Å². The van der Waals surface area contributed by atoms with E-state index in [-0.39, 0.29) is 11.9 Å². The Balaban J connectivity index is 1.33. The molecular weight excluding hydrogens is 326 g/mol. The number of nitrogens with one attached hydrogen (secondary N) is 1. The number of carbonyl (C=O) groups excluding carboxylic acids is 2. The fraction of sp³-hybridized carbons (Fsp3) is 0.333. The van der Waals surface area contributed by atoms with Crippen molar-refractivity contribution in [3.8, 4) is 0 Å². The van der Waals surface area contributed by atoms with Gasteiger partial charge in [-0.1, -0.05) is 36.4 Å². The normalized spacial score (nSPS) is 16.5. The fourth-order valence-electron chi connectivity index (χ4n) is 3.67. The quantitative estimate of drug-likeness (QED) is 0.926. The lowest BCUT2D eigenvalue weighted by Gasteiger charge is -2.29. The maximum absolute atomic E-state index is 12.5. The van der Waals surface area contributed by atoms with Crippen LogP contribution < -0.4 is 10.2 Å². The molecule has 2 aliphatic rings. The summed E-state index contributed by atoms with van der Waals surface area (Å²) in [5, 5.41) is 3.00. The van der Waals surface area contributed by atoms with Crippen molar-refractivity contribution in [2.45, 2.75) is 32.4 Å². The summed E-state index contributed by atoms with van der Waals surface area (Å²) in [6.45, 7) is 2.70. The number of fused-ring (bicyclic) bond motifs is 1. The van der Waals surface area contributed by atoms with E-state index in [0.29, 0.717) is 19.5 Å². The van der Waals surface area contributed by atoms with E-state index in [1.807, 2.05) is 46.2 Å². The Kier molecular flexibility index (Phi) is 4.61. The molecule has 0 saturated carbocycles. The predicted octanol–water partition coefficient (Wildman–Crippen LogP) is 3.08. The first-order chi connectivity index (χ1) is 12.7. The molecule has 2 aromatic carbocycles. The van der Waals surface area contributed by atoms with Crippen molar-refractivity contribution in [3.63, 3.8) is 0 Å². The third-order valence-electron chi connectivity index (χ3n) is 5.18. The average molecular weight is 349 g/mol. The third-order valence-corrected chi connectivity index (χ3v) is 5.18. The van der Waals surface area contributed by atoms with Gasteiger partial charge in [0.2, 0.25) is 5.91 Å². The molecule has 0 bridgehead atoms. The average Bonchev–Trinajstić information content (AvgIpc) is 3.12. The minimum Gasteiger partial charge on any atom is -0.334 e. The van der Waals surface area contributed by atoms with Gasteiger partial charge in [-0.3, -0.25) is 4.79 Å². The van der Waals surface area contributed by atoms with Crippen LogP contribution in [0.25, 0.3) is 0 Å². The van der Waals surface area contributed by atoms with E-state index < -0.39 is 0 Å². The Hall–Kier alpha value is -2.82. The molecule has 3 amide bonds. The summed E-state index contributed by atoms with van der Waals surface area (Å²) in [7, 11) is 0. The van der Waals surface area contributed by atoms with Gasteiger partial charge in [0.15, 0.2) is 0 Å². The highest BCUT2D eigenvalue weighted by atomic mass is 16.2. The number of anilines is 1. The molecule has 2 aromatic rings. The standard InChI is InChI=1S/C21H23N3O2/c25-20-6-3-12-24(20)19-9-7-16(8-10-19)14-22-21(26)23-13-11-17-4-1-2-5-18(17)15-23/h1-2,4-5,7-10H,3,6,11-15H2,(H,22,26). The van der Waals surface area contributed by atoms with E-state index in [1.54, 1.807) is 0 Å².